The molecule has 2 amide bonds. The summed E-state index contributed by atoms with van der Waals surface area (Å²) in [5.41, 5.74) is 2.58. The highest BCUT2D eigenvalue weighted by molar-refractivity contribution is 6.05. The highest BCUT2D eigenvalue weighted by Gasteiger charge is 2.63. The summed E-state index contributed by atoms with van der Waals surface area (Å²) in [5, 5.41) is 2.67. The number of nitrogens with two attached hydrogens (primary N) is 1. The van der Waals surface area contributed by atoms with Crippen LogP contribution in [0.3, 0.4) is 0 Å². The molecule has 1 aromatic rings. The molecule has 1 aliphatic carbocycles. The Hall–Kier alpha value is -2.41. The molecule has 0 saturated heterocycles. The van der Waals surface area contributed by atoms with Crippen LogP contribution in [-0.4, -0.2) is 24.4 Å². The fourth-order valence-electron chi connectivity index (χ4n) is 2.34. The normalized spacial score (nSPS) is 23.0. The van der Waals surface area contributed by atoms with Gasteiger partial charge in [0.05, 0.1) is 24.4 Å². The number of hydrogen-bond acceptors (Lipinski definition) is 5. The quantitative estimate of drug-likeness (QED) is 0.307. The van der Waals surface area contributed by atoms with Crippen LogP contribution in [0.1, 0.15) is 6.92 Å². The van der Waals surface area contributed by atoms with E-state index in [9.17, 15) is 14.4 Å². The average Bonchev–Trinajstić information content (AvgIpc) is 3.23. The van der Waals surface area contributed by atoms with Crippen LogP contribution in [-0.2, 0) is 19.1 Å². The van der Waals surface area contributed by atoms with E-state index < -0.39 is 35.5 Å². The predicted octanol–water partition coefficient (Wildman–Crippen LogP) is 0.0403. The number of anilines is 1. The number of rotatable bonds is 5. The van der Waals surface area contributed by atoms with Crippen molar-refractivity contribution in [3.05, 3.63) is 30.3 Å². The molecule has 0 heterocycles. The average molecular weight is 291 g/mol. The van der Waals surface area contributed by atoms with Gasteiger partial charge in [0.25, 0.3) is 0 Å². The first-order valence-corrected chi connectivity index (χ1v) is 6.63. The summed E-state index contributed by atoms with van der Waals surface area (Å²) in [6.07, 6.45) is 0. The SMILES string of the molecule is CCOC(=O)[C@H]1[C@H](C(=O)Nc2ccccc2)[C@@H]1C(=O)NN. The molecule has 7 nitrogen and oxygen atoms in total. The maximum absolute atomic E-state index is 12.2. The maximum atomic E-state index is 12.2. The third kappa shape index (κ3) is 3.19. The Labute approximate surface area is 121 Å². The number of amides is 2. The molecule has 3 atom stereocenters. The minimum atomic E-state index is -0.780. The van der Waals surface area contributed by atoms with Gasteiger partial charge in [0.15, 0.2) is 0 Å². The third-order valence-electron chi connectivity index (χ3n) is 3.37. The molecule has 21 heavy (non-hydrogen) atoms. The Morgan fingerprint density at radius 1 is 1.10 bits per heavy atom. The van der Waals surface area contributed by atoms with Crippen molar-refractivity contribution in [3.8, 4) is 0 Å². The smallest absolute Gasteiger partial charge is 0.310 e. The molecule has 0 radical (unpaired) electrons. The second kappa shape index (κ2) is 6.36. The molecule has 0 bridgehead atoms. The molecule has 7 heteroatoms. The van der Waals surface area contributed by atoms with Crippen molar-refractivity contribution in [2.75, 3.05) is 11.9 Å². The van der Waals surface area contributed by atoms with Gasteiger partial charge in [-0.05, 0) is 19.1 Å². The summed E-state index contributed by atoms with van der Waals surface area (Å²) in [7, 11) is 0. The highest BCUT2D eigenvalue weighted by atomic mass is 16.5. The molecule has 4 N–H and O–H groups in total. The third-order valence-corrected chi connectivity index (χ3v) is 3.37. The van der Waals surface area contributed by atoms with Crippen molar-refractivity contribution in [2.45, 2.75) is 6.92 Å². The van der Waals surface area contributed by atoms with E-state index in [1.54, 1.807) is 31.2 Å². The molecule has 1 aliphatic rings. The molecule has 0 aromatic heterocycles. The molecule has 0 spiro atoms. The van der Waals surface area contributed by atoms with Crippen LogP contribution in [0.5, 0.6) is 0 Å². The lowest BCUT2D eigenvalue weighted by atomic mass is 10.2. The summed E-state index contributed by atoms with van der Waals surface area (Å²) < 4.78 is 4.88. The monoisotopic (exact) mass is 291 g/mol. The second-order valence-corrected chi connectivity index (χ2v) is 4.69. The lowest BCUT2D eigenvalue weighted by Gasteiger charge is -2.04. The molecule has 1 aromatic carbocycles. The van der Waals surface area contributed by atoms with Gasteiger partial charge in [-0.1, -0.05) is 18.2 Å². The van der Waals surface area contributed by atoms with E-state index in [-0.39, 0.29) is 6.61 Å². The summed E-state index contributed by atoms with van der Waals surface area (Å²) in [6, 6.07) is 8.80. The fourth-order valence-corrected chi connectivity index (χ4v) is 2.34. The minimum absolute atomic E-state index is 0.194. The van der Waals surface area contributed by atoms with Crippen molar-refractivity contribution in [1.29, 1.82) is 0 Å². The van der Waals surface area contributed by atoms with Crippen molar-refractivity contribution in [3.63, 3.8) is 0 Å². The number of carbonyl (C=O) groups excluding carboxylic acids is 3. The standard InChI is InChI=1S/C14H17N3O4/c1-2-21-14(20)11-9(10(11)13(19)17-15)12(18)16-8-6-4-3-5-7-8/h3-7,9-11H,2,15H2,1H3,(H,16,18)(H,17,19)/t9-,10+,11+/m1/s1. The first-order chi connectivity index (χ1) is 10.1. The number of hydrogen-bond donors (Lipinski definition) is 3. The van der Waals surface area contributed by atoms with Crippen LogP contribution in [0.25, 0.3) is 0 Å². The van der Waals surface area contributed by atoms with Crippen LogP contribution in [0.15, 0.2) is 30.3 Å². The van der Waals surface area contributed by atoms with E-state index in [1.165, 1.54) is 0 Å². The molecular weight excluding hydrogens is 274 g/mol. The Kier molecular flexibility index (Phi) is 4.54. The number of carbonyl (C=O) groups is 3. The van der Waals surface area contributed by atoms with Gasteiger partial charge in [-0.15, -0.1) is 0 Å². The Morgan fingerprint density at radius 3 is 2.29 bits per heavy atom. The van der Waals surface area contributed by atoms with E-state index in [2.05, 4.69) is 5.32 Å². The van der Waals surface area contributed by atoms with Gasteiger partial charge in [0.1, 0.15) is 0 Å². The van der Waals surface area contributed by atoms with Crippen molar-refractivity contribution < 1.29 is 19.1 Å². The van der Waals surface area contributed by atoms with Gasteiger partial charge in [-0.2, -0.15) is 0 Å². The minimum Gasteiger partial charge on any atom is -0.466 e. The summed E-state index contributed by atoms with van der Waals surface area (Å²) >= 11 is 0. The Morgan fingerprint density at radius 2 is 1.71 bits per heavy atom. The van der Waals surface area contributed by atoms with E-state index in [4.69, 9.17) is 10.6 Å². The van der Waals surface area contributed by atoms with E-state index in [0.717, 1.165) is 0 Å². The number of ether oxygens (including phenoxy) is 1. The van der Waals surface area contributed by atoms with Crippen molar-refractivity contribution >= 4 is 23.5 Å². The first-order valence-electron chi connectivity index (χ1n) is 6.63. The Balaban J connectivity index is 2.07. The lowest BCUT2D eigenvalue weighted by Crippen LogP contribution is -2.33. The van der Waals surface area contributed by atoms with Gasteiger partial charge in [-0.3, -0.25) is 19.8 Å². The molecular formula is C14H17N3O4. The van der Waals surface area contributed by atoms with Crippen LogP contribution >= 0.6 is 0 Å². The zero-order valence-corrected chi connectivity index (χ0v) is 11.5. The maximum Gasteiger partial charge on any atom is 0.310 e. The molecule has 1 fully saturated rings. The van der Waals surface area contributed by atoms with Crippen LogP contribution in [0.4, 0.5) is 5.69 Å². The van der Waals surface area contributed by atoms with E-state index in [0.29, 0.717) is 5.69 Å². The summed E-state index contributed by atoms with van der Waals surface area (Å²) in [4.78, 5) is 35.6. The van der Waals surface area contributed by atoms with Crippen LogP contribution < -0.4 is 16.6 Å². The first kappa shape index (κ1) is 15.0. The number of nitrogens with one attached hydrogen (secondary N) is 2. The van der Waals surface area contributed by atoms with E-state index >= 15 is 0 Å². The zero-order chi connectivity index (χ0) is 15.4. The van der Waals surface area contributed by atoms with Gasteiger partial charge < -0.3 is 10.1 Å². The van der Waals surface area contributed by atoms with Gasteiger partial charge in [-0.25, -0.2) is 5.84 Å². The van der Waals surface area contributed by atoms with E-state index in [1.807, 2.05) is 11.5 Å². The topological polar surface area (TPSA) is 111 Å². The van der Waals surface area contributed by atoms with Gasteiger partial charge in [0, 0.05) is 5.69 Å². The summed E-state index contributed by atoms with van der Waals surface area (Å²) in [6.45, 7) is 1.86. The van der Waals surface area contributed by atoms with Crippen molar-refractivity contribution in [2.24, 2.45) is 23.6 Å². The molecule has 1 saturated carbocycles. The second-order valence-electron chi connectivity index (χ2n) is 4.69. The largest absolute Gasteiger partial charge is 0.466 e. The van der Waals surface area contributed by atoms with Crippen molar-refractivity contribution in [1.82, 2.24) is 5.43 Å². The molecule has 0 unspecified atom stereocenters. The van der Waals surface area contributed by atoms with Gasteiger partial charge >= 0.3 is 5.97 Å². The number of esters is 1. The number of hydrazine groups is 1. The number of para-hydroxylation sites is 1. The van der Waals surface area contributed by atoms with Crippen LogP contribution in [0.2, 0.25) is 0 Å². The molecule has 0 aliphatic heterocycles. The fraction of sp³-hybridized carbons (Fsp3) is 0.357. The molecule has 112 valence electrons. The van der Waals surface area contributed by atoms with Crippen LogP contribution in [0, 0.1) is 17.8 Å². The lowest BCUT2D eigenvalue weighted by molar-refractivity contribution is -0.146. The number of benzene rings is 1. The Bertz CT molecular complexity index is 546. The predicted molar refractivity (Wildman–Crippen MR) is 74.5 cm³/mol. The summed E-state index contributed by atoms with van der Waals surface area (Å²) in [5.74, 6) is 1.27. The highest BCUT2D eigenvalue weighted by Crippen LogP contribution is 2.48. The van der Waals surface area contributed by atoms with Gasteiger partial charge in [0.2, 0.25) is 11.8 Å². The molecule has 2 rings (SSSR count). The zero-order valence-electron chi connectivity index (χ0n) is 11.5.